The fourth-order valence-corrected chi connectivity index (χ4v) is 3.29. The fourth-order valence-electron chi connectivity index (χ4n) is 2.18. The minimum Gasteiger partial charge on any atom is -0.423 e. The number of carbonyl (C=O) groups is 1. The molecule has 5 nitrogen and oxygen atoms in total. The average molecular weight is 375 g/mol. The first-order chi connectivity index (χ1) is 12.0. The van der Waals surface area contributed by atoms with Gasteiger partial charge in [0.2, 0.25) is 5.89 Å². The van der Waals surface area contributed by atoms with Crippen LogP contribution in [0.5, 0.6) is 5.75 Å². The van der Waals surface area contributed by atoms with Crippen molar-refractivity contribution in [3.8, 4) is 5.75 Å². The number of hydrogen-bond acceptors (Lipinski definition) is 6. The lowest BCUT2D eigenvalue weighted by Gasteiger charge is -2.10. The van der Waals surface area contributed by atoms with Crippen molar-refractivity contribution in [2.45, 2.75) is 24.5 Å². The quantitative estimate of drug-likeness (QED) is 0.361. The zero-order chi connectivity index (χ0) is 17.8. The molecule has 0 fully saturated rings. The van der Waals surface area contributed by atoms with E-state index < -0.39 is 5.97 Å². The molecule has 7 heteroatoms. The van der Waals surface area contributed by atoms with Gasteiger partial charge < -0.3 is 9.26 Å². The molecule has 0 radical (unpaired) electrons. The molecule has 0 N–H and O–H groups in total. The Morgan fingerprint density at radius 1 is 1.24 bits per heavy atom. The van der Waals surface area contributed by atoms with E-state index in [1.165, 1.54) is 11.8 Å². The minimum atomic E-state index is -0.421. The number of thioether (sulfide) groups is 1. The van der Waals surface area contributed by atoms with Crippen LogP contribution < -0.4 is 4.74 Å². The molecule has 0 unspecified atom stereocenters. The second kappa shape index (κ2) is 7.72. The first kappa shape index (κ1) is 17.5. The monoisotopic (exact) mass is 374 g/mol. The third-order valence-corrected chi connectivity index (χ3v) is 4.66. The highest BCUT2D eigenvalue weighted by Crippen LogP contribution is 2.28. The van der Waals surface area contributed by atoms with E-state index in [4.69, 9.17) is 20.9 Å². The molecule has 0 spiro atoms. The molecule has 0 saturated carbocycles. The van der Waals surface area contributed by atoms with Crippen LogP contribution >= 0.6 is 23.4 Å². The Balaban J connectivity index is 1.76. The van der Waals surface area contributed by atoms with Gasteiger partial charge in [0.15, 0.2) is 5.82 Å². The molecule has 25 heavy (non-hydrogen) atoms. The SMILES string of the molecule is Cc1noc(CSc2ccccc2C(=O)Oc2ccc(Cl)cc2C)n1. The van der Waals surface area contributed by atoms with Crippen LogP contribution in [-0.2, 0) is 5.75 Å². The van der Waals surface area contributed by atoms with Crippen molar-refractivity contribution in [3.63, 3.8) is 0 Å². The van der Waals surface area contributed by atoms with Gasteiger partial charge in [-0.3, -0.25) is 0 Å². The van der Waals surface area contributed by atoms with Crippen LogP contribution in [0, 0.1) is 13.8 Å². The Morgan fingerprint density at radius 3 is 2.76 bits per heavy atom. The minimum absolute atomic E-state index is 0.421. The van der Waals surface area contributed by atoms with Gasteiger partial charge in [-0.25, -0.2) is 4.79 Å². The van der Waals surface area contributed by atoms with Crippen molar-refractivity contribution in [2.75, 3.05) is 0 Å². The van der Waals surface area contributed by atoms with Crippen molar-refractivity contribution in [1.29, 1.82) is 0 Å². The smallest absolute Gasteiger partial charge is 0.344 e. The number of halogens is 1. The summed E-state index contributed by atoms with van der Waals surface area (Å²) in [4.78, 5) is 17.5. The maximum Gasteiger partial charge on any atom is 0.344 e. The molecule has 1 heterocycles. The molecule has 2 aromatic carbocycles. The normalized spacial score (nSPS) is 10.7. The number of hydrogen-bond donors (Lipinski definition) is 0. The van der Waals surface area contributed by atoms with Crippen molar-refractivity contribution in [1.82, 2.24) is 10.1 Å². The summed E-state index contributed by atoms with van der Waals surface area (Å²) in [5.74, 6) is 1.64. The molecule has 0 atom stereocenters. The van der Waals surface area contributed by atoms with E-state index in [9.17, 15) is 4.79 Å². The van der Waals surface area contributed by atoms with Crippen LogP contribution in [0.3, 0.4) is 0 Å². The third kappa shape index (κ3) is 4.41. The lowest BCUT2D eigenvalue weighted by atomic mass is 10.2. The number of aromatic nitrogens is 2. The van der Waals surface area contributed by atoms with E-state index in [1.54, 1.807) is 37.3 Å². The van der Waals surface area contributed by atoms with Gasteiger partial charge in [-0.15, -0.1) is 11.8 Å². The van der Waals surface area contributed by atoms with E-state index in [-0.39, 0.29) is 0 Å². The predicted molar refractivity (Wildman–Crippen MR) is 96.2 cm³/mol. The van der Waals surface area contributed by atoms with Gasteiger partial charge in [0.25, 0.3) is 0 Å². The molecule has 0 aliphatic heterocycles. The standard InChI is InChI=1S/C18H15ClN2O3S/c1-11-9-13(19)7-8-15(11)23-18(22)14-5-3-4-6-16(14)25-10-17-20-12(2)21-24-17/h3-9H,10H2,1-2H3. The predicted octanol–water partition coefficient (Wildman–Crippen LogP) is 4.85. The van der Waals surface area contributed by atoms with E-state index in [2.05, 4.69) is 10.1 Å². The third-order valence-electron chi connectivity index (χ3n) is 3.37. The molecular formula is C18H15ClN2O3S. The first-order valence-electron chi connectivity index (χ1n) is 7.52. The molecule has 0 bridgehead atoms. The van der Waals surface area contributed by atoms with Crippen LogP contribution in [0.15, 0.2) is 51.9 Å². The van der Waals surface area contributed by atoms with Crippen molar-refractivity contribution in [2.24, 2.45) is 0 Å². The largest absolute Gasteiger partial charge is 0.423 e. The Kier molecular flexibility index (Phi) is 5.40. The summed E-state index contributed by atoms with van der Waals surface area (Å²) in [6, 6.07) is 12.4. The topological polar surface area (TPSA) is 65.2 Å². The fraction of sp³-hybridized carbons (Fsp3) is 0.167. The van der Waals surface area contributed by atoms with E-state index in [0.29, 0.717) is 33.8 Å². The van der Waals surface area contributed by atoms with Gasteiger partial charge in [-0.05, 0) is 49.7 Å². The lowest BCUT2D eigenvalue weighted by Crippen LogP contribution is -2.10. The van der Waals surface area contributed by atoms with Gasteiger partial charge in [-0.2, -0.15) is 4.98 Å². The summed E-state index contributed by atoms with van der Waals surface area (Å²) in [5.41, 5.74) is 1.28. The van der Waals surface area contributed by atoms with Gasteiger partial charge in [0.05, 0.1) is 11.3 Å². The van der Waals surface area contributed by atoms with Crippen LogP contribution in [0.4, 0.5) is 0 Å². The second-order valence-electron chi connectivity index (χ2n) is 5.32. The molecular weight excluding hydrogens is 360 g/mol. The molecule has 3 aromatic rings. The second-order valence-corrected chi connectivity index (χ2v) is 6.77. The van der Waals surface area contributed by atoms with E-state index in [1.807, 2.05) is 19.1 Å². The van der Waals surface area contributed by atoms with Gasteiger partial charge in [0.1, 0.15) is 5.75 Å². The summed E-state index contributed by atoms with van der Waals surface area (Å²) >= 11 is 7.37. The maximum atomic E-state index is 12.6. The van der Waals surface area contributed by atoms with E-state index in [0.717, 1.165) is 10.5 Å². The zero-order valence-electron chi connectivity index (χ0n) is 13.7. The summed E-state index contributed by atoms with van der Waals surface area (Å²) in [6.45, 7) is 3.60. The average Bonchev–Trinajstić information content (AvgIpc) is 3.01. The Labute approximate surface area is 154 Å². The first-order valence-corrected chi connectivity index (χ1v) is 8.88. The molecule has 3 rings (SSSR count). The highest BCUT2D eigenvalue weighted by atomic mass is 35.5. The summed E-state index contributed by atoms with van der Waals surface area (Å²) in [7, 11) is 0. The number of esters is 1. The summed E-state index contributed by atoms with van der Waals surface area (Å²) < 4.78 is 10.6. The van der Waals surface area contributed by atoms with Crippen molar-refractivity contribution < 1.29 is 14.1 Å². The van der Waals surface area contributed by atoms with Crippen LogP contribution in [0.2, 0.25) is 5.02 Å². The van der Waals surface area contributed by atoms with Crippen LogP contribution in [0.25, 0.3) is 0 Å². The highest BCUT2D eigenvalue weighted by Gasteiger charge is 2.16. The lowest BCUT2D eigenvalue weighted by molar-refractivity contribution is 0.0730. The number of ether oxygens (including phenoxy) is 1. The molecule has 0 aliphatic carbocycles. The maximum absolute atomic E-state index is 12.6. The number of benzene rings is 2. The van der Waals surface area contributed by atoms with Gasteiger partial charge in [-0.1, -0.05) is 28.9 Å². The molecule has 1 aromatic heterocycles. The summed E-state index contributed by atoms with van der Waals surface area (Å²) in [6.07, 6.45) is 0. The Morgan fingerprint density at radius 2 is 2.04 bits per heavy atom. The van der Waals surface area contributed by atoms with Crippen molar-refractivity contribution in [3.05, 3.63) is 70.3 Å². The van der Waals surface area contributed by atoms with Crippen LogP contribution in [0.1, 0.15) is 27.6 Å². The van der Waals surface area contributed by atoms with Crippen molar-refractivity contribution >= 4 is 29.3 Å². The van der Waals surface area contributed by atoms with Gasteiger partial charge >= 0.3 is 5.97 Å². The highest BCUT2D eigenvalue weighted by molar-refractivity contribution is 7.98. The van der Waals surface area contributed by atoms with Crippen LogP contribution in [-0.4, -0.2) is 16.1 Å². The number of rotatable bonds is 5. The summed E-state index contributed by atoms with van der Waals surface area (Å²) in [5, 5.41) is 4.36. The Bertz CT molecular complexity index is 911. The molecule has 0 saturated heterocycles. The zero-order valence-corrected chi connectivity index (χ0v) is 15.2. The van der Waals surface area contributed by atoms with E-state index >= 15 is 0 Å². The number of carbonyl (C=O) groups excluding carboxylic acids is 1. The number of nitrogens with zero attached hydrogens (tertiary/aromatic N) is 2. The van der Waals surface area contributed by atoms with Gasteiger partial charge in [0, 0.05) is 9.92 Å². The molecule has 0 amide bonds. The molecule has 0 aliphatic rings. The number of aryl methyl sites for hydroxylation is 2. The molecule has 128 valence electrons. The Hall–Kier alpha value is -2.31.